The van der Waals surface area contributed by atoms with Crippen LogP contribution in [0.15, 0.2) is 25.3 Å². The van der Waals surface area contributed by atoms with Crippen molar-refractivity contribution < 1.29 is 0 Å². The molecule has 11 heavy (non-hydrogen) atoms. The molecule has 0 rings (SSSR count). The van der Waals surface area contributed by atoms with Crippen LogP contribution in [-0.2, 0) is 0 Å². The Morgan fingerprint density at radius 1 is 1.09 bits per heavy atom. The molecule has 0 saturated carbocycles. The van der Waals surface area contributed by atoms with E-state index in [2.05, 4.69) is 40.9 Å². The minimum Gasteiger partial charge on any atom is -0.0991 e. The first-order chi connectivity index (χ1) is 4.97. The summed E-state index contributed by atoms with van der Waals surface area (Å²) in [5, 5.41) is 0. The molecule has 0 amide bonds. The lowest BCUT2D eigenvalue weighted by Crippen LogP contribution is -2.02. The van der Waals surface area contributed by atoms with E-state index in [1.807, 2.05) is 0 Å². The van der Waals surface area contributed by atoms with Crippen molar-refractivity contribution in [3.8, 4) is 0 Å². The lowest BCUT2D eigenvalue weighted by Gasteiger charge is -2.15. The second kappa shape index (κ2) is 7.59. The predicted octanol–water partition coefficient (Wildman–Crippen LogP) is 4.19. The molecule has 0 aromatic rings. The first-order valence-corrected chi connectivity index (χ1v) is 4.21. The molecule has 0 nitrogen and oxygen atoms in total. The first-order valence-electron chi connectivity index (χ1n) is 4.21. The number of hydrogen-bond acceptors (Lipinski definition) is 0. The molecule has 0 aliphatic rings. The van der Waals surface area contributed by atoms with Gasteiger partial charge in [-0.15, -0.1) is 0 Å². The highest BCUT2D eigenvalue weighted by molar-refractivity contribution is 4.88. The minimum absolute atomic E-state index is 0.550. The standard InChI is InChI=1S/C7H16.C4H6/c1-5-6-7(2,3)4;1-3-4-2/h5-6H2,1-4H3;3-4H,1-2H2. The smallest absolute Gasteiger partial charge is 0.0383 e. The van der Waals surface area contributed by atoms with E-state index < -0.39 is 0 Å². The molecule has 66 valence electrons. The highest BCUT2D eigenvalue weighted by atomic mass is 14.1. The van der Waals surface area contributed by atoms with Gasteiger partial charge in [0.25, 0.3) is 0 Å². The Labute approximate surface area is 72.0 Å². The zero-order valence-corrected chi connectivity index (χ0v) is 8.48. The Kier molecular flexibility index (Phi) is 9.03. The molecule has 0 aliphatic heterocycles. The molecule has 0 bridgehead atoms. The van der Waals surface area contributed by atoms with Gasteiger partial charge in [-0.05, 0) is 11.8 Å². The van der Waals surface area contributed by atoms with Crippen LogP contribution in [0.25, 0.3) is 0 Å². The third kappa shape index (κ3) is 26.4. The van der Waals surface area contributed by atoms with Gasteiger partial charge in [0.05, 0.1) is 0 Å². The van der Waals surface area contributed by atoms with Crippen LogP contribution in [0.4, 0.5) is 0 Å². The summed E-state index contributed by atoms with van der Waals surface area (Å²) in [5.74, 6) is 0. The lowest BCUT2D eigenvalue weighted by atomic mass is 9.91. The fourth-order valence-electron chi connectivity index (χ4n) is 0.750. The van der Waals surface area contributed by atoms with Crippen molar-refractivity contribution in [2.24, 2.45) is 5.41 Å². The van der Waals surface area contributed by atoms with Crippen molar-refractivity contribution in [1.29, 1.82) is 0 Å². The van der Waals surface area contributed by atoms with Crippen molar-refractivity contribution in [2.45, 2.75) is 40.5 Å². The van der Waals surface area contributed by atoms with Crippen LogP contribution in [0.3, 0.4) is 0 Å². The van der Waals surface area contributed by atoms with Crippen molar-refractivity contribution in [3.05, 3.63) is 25.3 Å². The molecule has 0 spiro atoms. The Morgan fingerprint density at radius 2 is 1.45 bits per heavy atom. The average molecular weight is 154 g/mol. The Bertz CT molecular complexity index is 87.1. The van der Waals surface area contributed by atoms with Crippen LogP contribution in [0.1, 0.15) is 40.5 Å². The molecular weight excluding hydrogens is 132 g/mol. The largest absolute Gasteiger partial charge is 0.0991 e. The number of hydrogen-bond donors (Lipinski definition) is 0. The topological polar surface area (TPSA) is 0 Å². The number of rotatable bonds is 2. The third-order valence-electron chi connectivity index (χ3n) is 1.17. The zero-order valence-electron chi connectivity index (χ0n) is 8.48. The van der Waals surface area contributed by atoms with Gasteiger partial charge < -0.3 is 0 Å². The summed E-state index contributed by atoms with van der Waals surface area (Å²) in [6, 6.07) is 0. The van der Waals surface area contributed by atoms with Crippen molar-refractivity contribution in [3.63, 3.8) is 0 Å². The van der Waals surface area contributed by atoms with E-state index in [0.29, 0.717) is 5.41 Å². The van der Waals surface area contributed by atoms with Crippen LogP contribution in [0.2, 0.25) is 0 Å². The lowest BCUT2D eigenvalue weighted by molar-refractivity contribution is 0.373. The van der Waals surface area contributed by atoms with Crippen LogP contribution < -0.4 is 0 Å². The SMILES string of the molecule is C=CC=C.CCCC(C)(C)C. The number of allylic oxidation sites excluding steroid dienone is 2. The van der Waals surface area contributed by atoms with Crippen LogP contribution in [-0.4, -0.2) is 0 Å². The highest BCUT2D eigenvalue weighted by Crippen LogP contribution is 2.19. The van der Waals surface area contributed by atoms with E-state index >= 15 is 0 Å². The zero-order chi connectivity index (χ0) is 9.33. The second-order valence-electron chi connectivity index (χ2n) is 3.78. The van der Waals surface area contributed by atoms with Gasteiger partial charge in [-0.2, -0.15) is 0 Å². The summed E-state index contributed by atoms with van der Waals surface area (Å²) in [6.07, 6.45) is 5.93. The van der Waals surface area contributed by atoms with Gasteiger partial charge in [0.2, 0.25) is 0 Å². The molecule has 0 radical (unpaired) electrons. The fraction of sp³-hybridized carbons (Fsp3) is 0.636. The van der Waals surface area contributed by atoms with Crippen molar-refractivity contribution >= 4 is 0 Å². The summed E-state index contributed by atoms with van der Waals surface area (Å²) < 4.78 is 0. The minimum atomic E-state index is 0.550. The van der Waals surface area contributed by atoms with E-state index in [4.69, 9.17) is 0 Å². The fourth-order valence-corrected chi connectivity index (χ4v) is 0.750. The molecule has 0 N–H and O–H groups in total. The molecule has 0 aromatic carbocycles. The predicted molar refractivity (Wildman–Crippen MR) is 54.8 cm³/mol. The maximum Gasteiger partial charge on any atom is -0.0383 e. The summed E-state index contributed by atoms with van der Waals surface area (Å²) in [5.41, 5.74) is 0.550. The van der Waals surface area contributed by atoms with Gasteiger partial charge in [-0.3, -0.25) is 0 Å². The van der Waals surface area contributed by atoms with Gasteiger partial charge >= 0.3 is 0 Å². The molecule has 0 heteroatoms. The molecule has 0 aromatic heterocycles. The molecule has 0 aliphatic carbocycles. The van der Waals surface area contributed by atoms with E-state index in [1.54, 1.807) is 12.2 Å². The molecule has 0 saturated heterocycles. The quantitative estimate of drug-likeness (QED) is 0.523. The molecule has 0 atom stereocenters. The van der Waals surface area contributed by atoms with E-state index in [-0.39, 0.29) is 0 Å². The highest BCUT2D eigenvalue weighted by Gasteiger charge is 2.06. The summed E-state index contributed by atoms with van der Waals surface area (Å²) in [7, 11) is 0. The van der Waals surface area contributed by atoms with Gasteiger partial charge in [-0.25, -0.2) is 0 Å². The average Bonchev–Trinajstić information content (AvgIpc) is 1.86. The molecule has 0 heterocycles. The first kappa shape index (κ1) is 13.1. The van der Waals surface area contributed by atoms with Gasteiger partial charge in [0, 0.05) is 0 Å². The third-order valence-corrected chi connectivity index (χ3v) is 1.17. The maximum atomic E-state index is 3.36. The van der Waals surface area contributed by atoms with Crippen LogP contribution >= 0.6 is 0 Å². The maximum absolute atomic E-state index is 3.36. The van der Waals surface area contributed by atoms with Crippen molar-refractivity contribution in [1.82, 2.24) is 0 Å². The Hall–Kier alpha value is -0.520. The molecular formula is C11H22. The monoisotopic (exact) mass is 154 g/mol. The van der Waals surface area contributed by atoms with E-state index in [0.717, 1.165) is 0 Å². The van der Waals surface area contributed by atoms with Gasteiger partial charge in [-0.1, -0.05) is 59.4 Å². The van der Waals surface area contributed by atoms with Gasteiger partial charge in [0.1, 0.15) is 0 Å². The second-order valence-corrected chi connectivity index (χ2v) is 3.78. The Balaban J connectivity index is 0. The normalized spacial score (nSPS) is 9.45. The van der Waals surface area contributed by atoms with E-state index in [1.165, 1.54) is 12.8 Å². The molecule has 0 unspecified atom stereocenters. The van der Waals surface area contributed by atoms with Crippen molar-refractivity contribution in [2.75, 3.05) is 0 Å². The van der Waals surface area contributed by atoms with E-state index in [9.17, 15) is 0 Å². The Morgan fingerprint density at radius 3 is 1.45 bits per heavy atom. The van der Waals surface area contributed by atoms with Crippen LogP contribution in [0.5, 0.6) is 0 Å². The van der Waals surface area contributed by atoms with Crippen LogP contribution in [0, 0.1) is 5.41 Å². The molecule has 0 fully saturated rings. The summed E-state index contributed by atoms with van der Waals surface area (Å²) in [4.78, 5) is 0. The van der Waals surface area contributed by atoms with Gasteiger partial charge in [0.15, 0.2) is 0 Å². The summed E-state index contributed by atoms with van der Waals surface area (Å²) in [6.45, 7) is 15.8. The summed E-state index contributed by atoms with van der Waals surface area (Å²) >= 11 is 0.